The van der Waals surface area contributed by atoms with E-state index in [4.69, 9.17) is 5.41 Å². The lowest BCUT2D eigenvalue weighted by molar-refractivity contribution is 0.661. The van der Waals surface area contributed by atoms with Gasteiger partial charge in [-0.15, -0.1) is 0 Å². The highest BCUT2D eigenvalue weighted by Crippen LogP contribution is 2.54. The lowest BCUT2D eigenvalue weighted by Crippen LogP contribution is -2.15. The zero-order chi connectivity index (χ0) is 25.7. The predicted octanol–water partition coefficient (Wildman–Crippen LogP) is 8.98. The molecule has 6 aromatic carbocycles. The Morgan fingerprint density at radius 1 is 0.568 bits per heavy atom. The summed E-state index contributed by atoms with van der Waals surface area (Å²) < 4.78 is 0. The predicted molar refractivity (Wildman–Crippen MR) is 160 cm³/mol. The molecule has 0 aliphatic heterocycles. The fourth-order valence-electron chi connectivity index (χ4n) is 6.39. The van der Waals surface area contributed by atoms with Crippen LogP contribution >= 0.6 is 0 Å². The Kier molecular flexibility index (Phi) is 5.35. The summed E-state index contributed by atoms with van der Waals surface area (Å²) >= 11 is 0. The molecule has 0 amide bonds. The van der Waals surface area contributed by atoms with Crippen molar-refractivity contribution < 1.29 is 0 Å². The van der Waals surface area contributed by atoms with E-state index < -0.39 is 0 Å². The van der Waals surface area contributed by atoms with Gasteiger partial charge in [-0.05, 0) is 84.3 Å². The fraction of sp³-hybridized carbons (Fsp3) is 0.114. The Hall–Kier alpha value is -4.43. The summed E-state index contributed by atoms with van der Waals surface area (Å²) in [7, 11) is 0. The third kappa shape index (κ3) is 3.29. The lowest BCUT2D eigenvalue weighted by Gasteiger charge is -2.24. The summed E-state index contributed by atoms with van der Waals surface area (Å²) in [5, 5.41) is 13.9. The standard InChI is InChI=1S/C34H26.CH4N2/c1-21-22-12-4-7-15-25(22)32(26-16-8-5-13-23(21)26)29-20-31-33(27-17-9-6-14-24(27)29)28-18-10-11-19-30(28)34(31,2)3;2-1-3/h4-20H,1-3H3;1H,(H3,2,3). The first-order valence-electron chi connectivity index (χ1n) is 12.8. The first kappa shape index (κ1) is 23.0. The molecule has 180 valence electrons. The highest BCUT2D eigenvalue weighted by atomic mass is 14.6. The van der Waals surface area contributed by atoms with Crippen LogP contribution in [0.2, 0.25) is 0 Å². The summed E-state index contributed by atoms with van der Waals surface area (Å²) in [6.07, 6.45) is 0.750. The number of fused-ring (bicyclic) bond motifs is 7. The van der Waals surface area contributed by atoms with Gasteiger partial charge in [-0.1, -0.05) is 111 Å². The van der Waals surface area contributed by atoms with Crippen molar-refractivity contribution in [2.75, 3.05) is 0 Å². The van der Waals surface area contributed by atoms with Crippen molar-refractivity contribution in [3.05, 3.63) is 120 Å². The molecule has 0 saturated heterocycles. The maximum atomic E-state index is 5.86. The van der Waals surface area contributed by atoms with Crippen LogP contribution in [0.3, 0.4) is 0 Å². The molecule has 0 bridgehead atoms. The Morgan fingerprint density at radius 3 is 1.57 bits per heavy atom. The van der Waals surface area contributed by atoms with E-state index in [0.29, 0.717) is 0 Å². The molecular weight excluding hydrogens is 448 g/mol. The molecule has 7 rings (SSSR count). The molecule has 0 atom stereocenters. The summed E-state index contributed by atoms with van der Waals surface area (Å²) in [6, 6.07) is 38.3. The van der Waals surface area contributed by atoms with E-state index >= 15 is 0 Å². The van der Waals surface area contributed by atoms with Crippen LogP contribution in [0.25, 0.3) is 54.6 Å². The molecule has 37 heavy (non-hydrogen) atoms. The van der Waals surface area contributed by atoms with E-state index in [0.717, 1.165) is 6.34 Å². The second-order valence-corrected chi connectivity index (χ2v) is 10.3. The van der Waals surface area contributed by atoms with Gasteiger partial charge in [-0.3, -0.25) is 5.41 Å². The summed E-state index contributed by atoms with van der Waals surface area (Å²) in [4.78, 5) is 0. The largest absolute Gasteiger partial charge is 0.390 e. The molecule has 0 unspecified atom stereocenters. The Balaban J connectivity index is 0.000000804. The maximum Gasteiger partial charge on any atom is 0.0765 e. The quantitative estimate of drug-likeness (QED) is 0.138. The van der Waals surface area contributed by atoms with Crippen LogP contribution in [0, 0.1) is 12.3 Å². The Labute approximate surface area is 217 Å². The third-order valence-corrected chi connectivity index (χ3v) is 8.06. The van der Waals surface area contributed by atoms with Crippen LogP contribution in [0.4, 0.5) is 0 Å². The van der Waals surface area contributed by atoms with Crippen molar-refractivity contribution in [3.63, 3.8) is 0 Å². The van der Waals surface area contributed by atoms with Crippen LogP contribution in [0.5, 0.6) is 0 Å². The number of rotatable bonds is 1. The number of hydrogen-bond donors (Lipinski definition) is 2. The van der Waals surface area contributed by atoms with Crippen molar-refractivity contribution >= 4 is 38.7 Å². The van der Waals surface area contributed by atoms with Gasteiger partial charge < -0.3 is 5.73 Å². The smallest absolute Gasteiger partial charge is 0.0765 e. The minimum absolute atomic E-state index is 0.0407. The number of benzene rings is 6. The van der Waals surface area contributed by atoms with Crippen LogP contribution < -0.4 is 5.73 Å². The maximum absolute atomic E-state index is 5.86. The second kappa shape index (κ2) is 8.60. The Morgan fingerprint density at radius 2 is 1.00 bits per heavy atom. The minimum atomic E-state index is -0.0407. The average molecular weight is 479 g/mol. The molecule has 0 heterocycles. The van der Waals surface area contributed by atoms with Gasteiger partial charge in [-0.25, -0.2) is 0 Å². The van der Waals surface area contributed by atoms with Crippen molar-refractivity contribution in [1.29, 1.82) is 5.41 Å². The molecule has 0 spiro atoms. The number of hydrogen-bond acceptors (Lipinski definition) is 1. The fourth-order valence-corrected chi connectivity index (χ4v) is 6.39. The van der Waals surface area contributed by atoms with Crippen molar-refractivity contribution in [1.82, 2.24) is 0 Å². The SMILES string of the molecule is Cc1c2ccccc2c(-c2cc3c(c4ccccc24)-c2ccccc2C3(C)C)c2ccccc12.N=CN. The first-order chi connectivity index (χ1) is 18.0. The van der Waals surface area contributed by atoms with Gasteiger partial charge in [0.1, 0.15) is 0 Å². The molecule has 1 aliphatic rings. The summed E-state index contributed by atoms with van der Waals surface area (Å²) in [5.41, 5.74) is 14.0. The van der Waals surface area contributed by atoms with E-state index in [-0.39, 0.29) is 5.41 Å². The van der Waals surface area contributed by atoms with E-state index in [2.05, 4.69) is 130 Å². The highest BCUT2D eigenvalue weighted by Gasteiger charge is 2.37. The van der Waals surface area contributed by atoms with Crippen LogP contribution in [-0.2, 0) is 5.41 Å². The monoisotopic (exact) mass is 478 g/mol. The molecule has 2 nitrogen and oxygen atoms in total. The minimum Gasteiger partial charge on any atom is -0.390 e. The van der Waals surface area contributed by atoms with Gasteiger partial charge in [-0.2, -0.15) is 0 Å². The molecule has 6 aromatic rings. The van der Waals surface area contributed by atoms with Crippen LogP contribution in [-0.4, -0.2) is 6.34 Å². The zero-order valence-corrected chi connectivity index (χ0v) is 21.5. The molecule has 3 N–H and O–H groups in total. The summed E-state index contributed by atoms with van der Waals surface area (Å²) in [6.45, 7) is 7.01. The molecule has 0 radical (unpaired) electrons. The summed E-state index contributed by atoms with van der Waals surface area (Å²) in [5.74, 6) is 0. The number of nitrogens with two attached hydrogens (primary N) is 1. The number of aryl methyl sites for hydroxylation is 1. The third-order valence-electron chi connectivity index (χ3n) is 8.06. The van der Waals surface area contributed by atoms with Gasteiger partial charge in [0, 0.05) is 5.41 Å². The van der Waals surface area contributed by atoms with Gasteiger partial charge in [0.2, 0.25) is 0 Å². The van der Waals surface area contributed by atoms with E-state index in [1.54, 1.807) is 0 Å². The topological polar surface area (TPSA) is 49.9 Å². The van der Waals surface area contributed by atoms with E-state index in [9.17, 15) is 0 Å². The molecule has 0 aromatic heterocycles. The van der Waals surface area contributed by atoms with Crippen LogP contribution in [0.15, 0.2) is 103 Å². The molecule has 0 saturated carbocycles. The zero-order valence-electron chi connectivity index (χ0n) is 21.5. The molecular formula is C35H30N2. The van der Waals surface area contributed by atoms with E-state index in [1.165, 1.54) is 71.3 Å². The van der Waals surface area contributed by atoms with Gasteiger partial charge in [0.25, 0.3) is 0 Å². The Bertz CT molecular complexity index is 1790. The van der Waals surface area contributed by atoms with Crippen molar-refractivity contribution in [2.45, 2.75) is 26.2 Å². The average Bonchev–Trinajstić information content (AvgIpc) is 3.16. The first-order valence-corrected chi connectivity index (χ1v) is 12.8. The van der Waals surface area contributed by atoms with Gasteiger partial charge in [0.15, 0.2) is 0 Å². The molecule has 2 heteroatoms. The van der Waals surface area contributed by atoms with Gasteiger partial charge >= 0.3 is 0 Å². The highest BCUT2D eigenvalue weighted by molar-refractivity contribution is 6.20. The molecule has 0 fully saturated rings. The number of nitrogens with one attached hydrogen (secondary N) is 1. The van der Waals surface area contributed by atoms with Crippen LogP contribution in [0.1, 0.15) is 30.5 Å². The van der Waals surface area contributed by atoms with E-state index in [1.807, 2.05) is 0 Å². The van der Waals surface area contributed by atoms with Gasteiger partial charge in [0.05, 0.1) is 6.34 Å². The normalized spacial score (nSPS) is 13.2. The second-order valence-electron chi connectivity index (χ2n) is 10.3. The molecule has 1 aliphatic carbocycles. The van der Waals surface area contributed by atoms with Crippen molar-refractivity contribution in [3.8, 4) is 22.3 Å². The lowest BCUT2D eigenvalue weighted by atomic mass is 9.79. The van der Waals surface area contributed by atoms with Crippen molar-refractivity contribution in [2.24, 2.45) is 5.73 Å².